The fourth-order valence-corrected chi connectivity index (χ4v) is 1.69. The van der Waals surface area contributed by atoms with Gasteiger partial charge in [0, 0.05) is 23.2 Å². The van der Waals surface area contributed by atoms with E-state index in [0.29, 0.717) is 0 Å². The van der Waals surface area contributed by atoms with Gasteiger partial charge in [0.1, 0.15) is 7.05 Å². The first-order valence-corrected chi connectivity index (χ1v) is 5.52. The van der Waals surface area contributed by atoms with Crippen LogP contribution in [0.25, 0.3) is 12.2 Å². The Balaban J connectivity index is 2.29. The average molecular weight is 231 g/mol. The Morgan fingerprint density at radius 3 is 2.50 bits per heavy atom. The number of pyridine rings is 1. The number of aromatic nitrogens is 1. The normalized spacial score (nSPS) is 10.9. The summed E-state index contributed by atoms with van der Waals surface area (Å²) >= 11 is 6.07. The van der Waals surface area contributed by atoms with Gasteiger partial charge >= 0.3 is 0 Å². The quantitative estimate of drug-likeness (QED) is 0.697. The van der Waals surface area contributed by atoms with Crippen LogP contribution in [0.2, 0.25) is 5.02 Å². The summed E-state index contributed by atoms with van der Waals surface area (Å²) < 4.78 is 2.06. The van der Waals surface area contributed by atoms with Crippen LogP contribution in [0, 0.1) is 0 Å². The second kappa shape index (κ2) is 4.95. The van der Waals surface area contributed by atoms with Crippen LogP contribution in [-0.4, -0.2) is 0 Å². The van der Waals surface area contributed by atoms with Crippen molar-refractivity contribution in [3.8, 4) is 0 Å². The van der Waals surface area contributed by atoms with Crippen LogP contribution in [0.3, 0.4) is 0 Å². The van der Waals surface area contributed by atoms with E-state index < -0.39 is 0 Å². The van der Waals surface area contributed by atoms with E-state index >= 15 is 0 Å². The molecule has 0 atom stereocenters. The van der Waals surface area contributed by atoms with E-state index in [0.717, 1.165) is 16.3 Å². The van der Waals surface area contributed by atoms with Crippen LogP contribution in [0.15, 0.2) is 48.7 Å². The van der Waals surface area contributed by atoms with Crippen molar-refractivity contribution in [2.75, 3.05) is 0 Å². The second-order valence-corrected chi connectivity index (χ2v) is 4.00. The number of hydrogen-bond donors (Lipinski definition) is 0. The molecule has 0 spiro atoms. The highest BCUT2D eigenvalue weighted by molar-refractivity contribution is 6.32. The minimum absolute atomic E-state index is 0.775. The summed E-state index contributed by atoms with van der Waals surface area (Å²) in [5, 5.41) is 0.775. The minimum Gasteiger partial charge on any atom is -0.202 e. The highest BCUT2D eigenvalue weighted by atomic mass is 35.5. The molecular formula is C14H13ClN+. The van der Waals surface area contributed by atoms with E-state index in [1.165, 1.54) is 0 Å². The van der Waals surface area contributed by atoms with E-state index in [4.69, 9.17) is 11.6 Å². The average Bonchev–Trinajstić information content (AvgIpc) is 2.30. The first kappa shape index (κ1) is 10.9. The SMILES string of the molecule is C[n+]1ccccc1/C=C\c1ccccc1Cl. The van der Waals surface area contributed by atoms with Gasteiger partial charge in [0.2, 0.25) is 5.69 Å². The van der Waals surface area contributed by atoms with Gasteiger partial charge in [-0.05, 0) is 23.8 Å². The van der Waals surface area contributed by atoms with Crippen molar-refractivity contribution >= 4 is 23.8 Å². The van der Waals surface area contributed by atoms with Gasteiger partial charge in [0.25, 0.3) is 0 Å². The zero-order valence-electron chi connectivity index (χ0n) is 9.10. The van der Waals surface area contributed by atoms with Crippen molar-refractivity contribution in [1.29, 1.82) is 0 Å². The Morgan fingerprint density at radius 1 is 1.00 bits per heavy atom. The molecule has 0 fully saturated rings. The van der Waals surface area contributed by atoms with Crippen LogP contribution in [0.4, 0.5) is 0 Å². The van der Waals surface area contributed by atoms with Crippen LogP contribution >= 0.6 is 11.6 Å². The topological polar surface area (TPSA) is 3.88 Å². The summed E-state index contributed by atoms with van der Waals surface area (Å²) in [4.78, 5) is 0. The summed E-state index contributed by atoms with van der Waals surface area (Å²) in [7, 11) is 2.02. The third kappa shape index (κ3) is 2.50. The maximum atomic E-state index is 6.07. The molecule has 0 saturated carbocycles. The molecule has 1 aromatic heterocycles. The van der Waals surface area contributed by atoms with Gasteiger partial charge in [0.15, 0.2) is 6.20 Å². The molecule has 0 radical (unpaired) electrons. The Kier molecular flexibility index (Phi) is 3.37. The molecule has 1 nitrogen and oxygen atoms in total. The molecule has 2 aromatic rings. The molecule has 1 aromatic carbocycles. The van der Waals surface area contributed by atoms with Crippen LogP contribution in [0.5, 0.6) is 0 Å². The van der Waals surface area contributed by atoms with Gasteiger partial charge in [-0.2, -0.15) is 0 Å². The van der Waals surface area contributed by atoms with Gasteiger partial charge in [0.05, 0.1) is 0 Å². The van der Waals surface area contributed by atoms with Gasteiger partial charge < -0.3 is 0 Å². The zero-order valence-corrected chi connectivity index (χ0v) is 9.85. The third-order valence-corrected chi connectivity index (χ3v) is 2.78. The monoisotopic (exact) mass is 230 g/mol. The lowest BCUT2D eigenvalue weighted by molar-refractivity contribution is -0.673. The summed E-state index contributed by atoms with van der Waals surface area (Å²) in [5.74, 6) is 0. The van der Waals surface area contributed by atoms with Gasteiger partial charge in [-0.3, -0.25) is 0 Å². The van der Waals surface area contributed by atoms with Crippen molar-refractivity contribution in [3.63, 3.8) is 0 Å². The fourth-order valence-electron chi connectivity index (χ4n) is 1.50. The van der Waals surface area contributed by atoms with Crippen molar-refractivity contribution in [2.24, 2.45) is 7.05 Å². The minimum atomic E-state index is 0.775. The number of rotatable bonds is 2. The summed E-state index contributed by atoms with van der Waals surface area (Å²) in [5.41, 5.74) is 2.18. The molecule has 2 heteroatoms. The largest absolute Gasteiger partial charge is 0.204 e. The number of hydrogen-bond acceptors (Lipinski definition) is 0. The first-order chi connectivity index (χ1) is 7.77. The van der Waals surface area contributed by atoms with Gasteiger partial charge in [-0.1, -0.05) is 29.8 Å². The van der Waals surface area contributed by atoms with E-state index in [1.54, 1.807) is 0 Å². The third-order valence-electron chi connectivity index (χ3n) is 2.43. The van der Waals surface area contributed by atoms with E-state index in [2.05, 4.69) is 16.7 Å². The number of benzene rings is 1. The summed E-state index contributed by atoms with van der Waals surface area (Å²) in [6.07, 6.45) is 6.10. The van der Waals surface area contributed by atoms with Crippen LogP contribution in [0.1, 0.15) is 11.3 Å². The van der Waals surface area contributed by atoms with Crippen molar-refractivity contribution < 1.29 is 4.57 Å². The molecule has 0 saturated heterocycles. The fraction of sp³-hybridized carbons (Fsp3) is 0.0714. The van der Waals surface area contributed by atoms with Gasteiger partial charge in [-0.25, -0.2) is 4.57 Å². The van der Waals surface area contributed by atoms with E-state index in [9.17, 15) is 0 Å². The molecule has 0 amide bonds. The lowest BCUT2D eigenvalue weighted by atomic mass is 10.2. The highest BCUT2D eigenvalue weighted by Gasteiger charge is 1.99. The smallest absolute Gasteiger partial charge is 0.202 e. The maximum absolute atomic E-state index is 6.07. The van der Waals surface area contributed by atoms with E-state index in [1.807, 2.05) is 55.7 Å². The van der Waals surface area contributed by atoms with Gasteiger partial charge in [-0.15, -0.1) is 0 Å². The molecule has 0 aliphatic heterocycles. The summed E-state index contributed by atoms with van der Waals surface area (Å²) in [6.45, 7) is 0. The molecule has 0 aliphatic carbocycles. The van der Waals surface area contributed by atoms with Crippen LogP contribution < -0.4 is 4.57 Å². The molecule has 0 aliphatic rings. The zero-order chi connectivity index (χ0) is 11.4. The predicted molar refractivity (Wildman–Crippen MR) is 68.0 cm³/mol. The van der Waals surface area contributed by atoms with Crippen LogP contribution in [-0.2, 0) is 7.05 Å². The lowest BCUT2D eigenvalue weighted by Crippen LogP contribution is -2.30. The molecule has 0 unspecified atom stereocenters. The number of aryl methyl sites for hydroxylation is 1. The molecule has 16 heavy (non-hydrogen) atoms. The predicted octanol–water partition coefficient (Wildman–Crippen LogP) is 3.33. The number of halogens is 1. The molecule has 0 bridgehead atoms. The Morgan fingerprint density at radius 2 is 1.75 bits per heavy atom. The Bertz CT molecular complexity index is 470. The van der Waals surface area contributed by atoms with Crippen molar-refractivity contribution in [1.82, 2.24) is 0 Å². The standard InChI is InChI=1S/C14H13ClN/c1-16-11-5-4-7-13(16)10-9-12-6-2-3-8-14(12)15/h2-11H,1H3/q+1/b10-9-. The Hall–Kier alpha value is -1.60. The molecule has 0 N–H and O–H groups in total. The maximum Gasteiger partial charge on any atom is 0.204 e. The number of nitrogens with zero attached hydrogens (tertiary/aromatic N) is 1. The summed E-state index contributed by atoms with van der Waals surface area (Å²) in [6, 6.07) is 13.9. The van der Waals surface area contributed by atoms with Crippen molar-refractivity contribution in [3.05, 3.63) is 64.9 Å². The highest BCUT2D eigenvalue weighted by Crippen LogP contribution is 2.17. The van der Waals surface area contributed by atoms with Crippen molar-refractivity contribution in [2.45, 2.75) is 0 Å². The lowest BCUT2D eigenvalue weighted by Gasteiger charge is -1.96. The molecule has 2 rings (SSSR count). The Labute approximate surface area is 101 Å². The molecule has 80 valence electrons. The second-order valence-electron chi connectivity index (χ2n) is 3.59. The molecule has 1 heterocycles. The first-order valence-electron chi connectivity index (χ1n) is 5.14. The molecular weight excluding hydrogens is 218 g/mol. The van der Waals surface area contributed by atoms with E-state index in [-0.39, 0.29) is 0 Å².